The number of rotatable bonds is 5. The van der Waals surface area contributed by atoms with Gasteiger partial charge in [0.15, 0.2) is 0 Å². The highest BCUT2D eigenvalue weighted by molar-refractivity contribution is 5.74. The van der Waals surface area contributed by atoms with Crippen molar-refractivity contribution in [2.24, 2.45) is 0 Å². The second kappa shape index (κ2) is 7.48. The highest BCUT2D eigenvalue weighted by Crippen LogP contribution is 2.31. The Kier molecular flexibility index (Phi) is 5.97. The number of carbonyl (C=O) groups is 2. The van der Waals surface area contributed by atoms with Crippen LogP contribution in [0.3, 0.4) is 0 Å². The van der Waals surface area contributed by atoms with Gasteiger partial charge in [-0.2, -0.15) is 0 Å². The lowest BCUT2D eigenvalue weighted by atomic mass is 10.0. The average molecular weight is 276 g/mol. The molecule has 0 saturated carbocycles. The predicted octanol–water partition coefficient (Wildman–Crippen LogP) is 3.52. The van der Waals surface area contributed by atoms with E-state index in [9.17, 15) is 9.59 Å². The second-order valence-electron chi connectivity index (χ2n) is 4.44. The molecule has 1 rings (SSSR count). The third-order valence-electron chi connectivity index (χ3n) is 2.57. The minimum absolute atomic E-state index is 0.367. The zero-order valence-electron chi connectivity index (χ0n) is 12.4. The SMILES string of the molecule is C/C=C/c1cc(OC(C)=O)c(CCC)cc1OC(C)=O. The van der Waals surface area contributed by atoms with E-state index in [2.05, 4.69) is 0 Å². The number of aryl methyl sites for hydroxylation is 1. The van der Waals surface area contributed by atoms with Gasteiger partial charge in [-0.3, -0.25) is 9.59 Å². The van der Waals surface area contributed by atoms with E-state index in [1.54, 1.807) is 18.2 Å². The Morgan fingerprint density at radius 2 is 1.70 bits per heavy atom. The van der Waals surface area contributed by atoms with Gasteiger partial charge in [0, 0.05) is 19.4 Å². The van der Waals surface area contributed by atoms with Crippen molar-refractivity contribution in [2.45, 2.75) is 40.5 Å². The van der Waals surface area contributed by atoms with E-state index >= 15 is 0 Å². The quantitative estimate of drug-likeness (QED) is 0.610. The van der Waals surface area contributed by atoms with Crippen LogP contribution < -0.4 is 9.47 Å². The molecule has 0 fully saturated rings. The monoisotopic (exact) mass is 276 g/mol. The molecule has 108 valence electrons. The Morgan fingerprint density at radius 1 is 1.10 bits per heavy atom. The van der Waals surface area contributed by atoms with Crippen LogP contribution in [-0.4, -0.2) is 11.9 Å². The zero-order chi connectivity index (χ0) is 15.1. The van der Waals surface area contributed by atoms with E-state index in [4.69, 9.17) is 9.47 Å². The normalized spacial score (nSPS) is 10.6. The van der Waals surface area contributed by atoms with Gasteiger partial charge in [-0.1, -0.05) is 25.5 Å². The van der Waals surface area contributed by atoms with Gasteiger partial charge in [-0.25, -0.2) is 0 Å². The molecule has 0 aliphatic rings. The molecule has 0 spiro atoms. The number of hydrogen-bond donors (Lipinski definition) is 0. The third-order valence-corrected chi connectivity index (χ3v) is 2.57. The lowest BCUT2D eigenvalue weighted by Gasteiger charge is -2.13. The molecule has 1 aromatic rings. The van der Waals surface area contributed by atoms with Crippen LogP contribution in [0, 0.1) is 0 Å². The molecule has 1 aromatic carbocycles. The first-order valence-corrected chi connectivity index (χ1v) is 6.64. The molecule has 0 unspecified atom stereocenters. The molecule has 0 atom stereocenters. The van der Waals surface area contributed by atoms with Crippen LogP contribution in [0.25, 0.3) is 6.08 Å². The molecule has 4 nitrogen and oxygen atoms in total. The van der Waals surface area contributed by atoms with Gasteiger partial charge in [-0.15, -0.1) is 0 Å². The Hall–Kier alpha value is -2.10. The van der Waals surface area contributed by atoms with Crippen molar-refractivity contribution in [1.82, 2.24) is 0 Å². The van der Waals surface area contributed by atoms with Gasteiger partial charge in [0.1, 0.15) is 11.5 Å². The summed E-state index contributed by atoms with van der Waals surface area (Å²) in [6.07, 6.45) is 5.28. The molecule has 0 N–H and O–H groups in total. The summed E-state index contributed by atoms with van der Waals surface area (Å²) in [7, 11) is 0. The van der Waals surface area contributed by atoms with Gasteiger partial charge in [0.05, 0.1) is 0 Å². The number of benzene rings is 1. The van der Waals surface area contributed by atoms with Crippen molar-refractivity contribution in [3.05, 3.63) is 29.3 Å². The first kappa shape index (κ1) is 16.0. The molecule has 0 aliphatic carbocycles. The number of esters is 2. The minimum atomic E-state index is -0.376. The van der Waals surface area contributed by atoms with Crippen molar-refractivity contribution in [1.29, 1.82) is 0 Å². The van der Waals surface area contributed by atoms with Gasteiger partial charge >= 0.3 is 11.9 Å². The maximum atomic E-state index is 11.2. The molecule has 0 radical (unpaired) electrons. The van der Waals surface area contributed by atoms with E-state index in [-0.39, 0.29) is 11.9 Å². The van der Waals surface area contributed by atoms with Gasteiger partial charge in [-0.05, 0) is 31.0 Å². The average Bonchev–Trinajstić information content (AvgIpc) is 2.33. The van der Waals surface area contributed by atoms with Crippen LogP contribution in [0.15, 0.2) is 18.2 Å². The topological polar surface area (TPSA) is 52.6 Å². The number of allylic oxidation sites excluding steroid dienone is 1. The van der Waals surface area contributed by atoms with Crippen molar-refractivity contribution >= 4 is 18.0 Å². The summed E-state index contributed by atoms with van der Waals surface area (Å²) in [6.45, 7) is 6.62. The van der Waals surface area contributed by atoms with E-state index in [1.807, 2.05) is 19.9 Å². The molecule has 0 saturated heterocycles. The lowest BCUT2D eigenvalue weighted by molar-refractivity contribution is -0.133. The van der Waals surface area contributed by atoms with Crippen molar-refractivity contribution in [2.75, 3.05) is 0 Å². The second-order valence-corrected chi connectivity index (χ2v) is 4.44. The molecule has 4 heteroatoms. The molecule has 20 heavy (non-hydrogen) atoms. The van der Waals surface area contributed by atoms with E-state index in [1.165, 1.54) is 13.8 Å². The maximum Gasteiger partial charge on any atom is 0.308 e. The molecular weight excluding hydrogens is 256 g/mol. The minimum Gasteiger partial charge on any atom is -0.426 e. The summed E-state index contributed by atoms with van der Waals surface area (Å²) >= 11 is 0. The fourth-order valence-corrected chi connectivity index (χ4v) is 1.89. The largest absolute Gasteiger partial charge is 0.426 e. The smallest absolute Gasteiger partial charge is 0.308 e. The molecule has 0 amide bonds. The van der Waals surface area contributed by atoms with E-state index in [0.29, 0.717) is 17.1 Å². The zero-order valence-corrected chi connectivity index (χ0v) is 12.4. The first-order valence-electron chi connectivity index (χ1n) is 6.64. The summed E-state index contributed by atoms with van der Waals surface area (Å²) in [5.74, 6) is 0.255. The Balaban J connectivity index is 3.33. The van der Waals surface area contributed by atoms with Crippen LogP contribution >= 0.6 is 0 Å². The van der Waals surface area contributed by atoms with Crippen molar-refractivity contribution < 1.29 is 19.1 Å². The maximum absolute atomic E-state index is 11.2. The third kappa shape index (κ3) is 4.53. The number of ether oxygens (including phenoxy) is 2. The predicted molar refractivity (Wildman–Crippen MR) is 77.8 cm³/mol. The van der Waals surface area contributed by atoms with Crippen molar-refractivity contribution in [3.63, 3.8) is 0 Å². The summed E-state index contributed by atoms with van der Waals surface area (Å²) in [4.78, 5) is 22.3. The summed E-state index contributed by atoms with van der Waals surface area (Å²) in [5.41, 5.74) is 1.56. The van der Waals surface area contributed by atoms with E-state index < -0.39 is 0 Å². The fourth-order valence-electron chi connectivity index (χ4n) is 1.89. The van der Waals surface area contributed by atoms with Gasteiger partial charge in [0.25, 0.3) is 0 Å². The number of hydrogen-bond acceptors (Lipinski definition) is 4. The van der Waals surface area contributed by atoms with Crippen molar-refractivity contribution in [3.8, 4) is 11.5 Å². The lowest BCUT2D eigenvalue weighted by Crippen LogP contribution is -2.07. The van der Waals surface area contributed by atoms with Crippen LogP contribution in [-0.2, 0) is 16.0 Å². The highest BCUT2D eigenvalue weighted by Gasteiger charge is 2.13. The first-order chi connectivity index (χ1) is 9.47. The summed E-state index contributed by atoms with van der Waals surface area (Å²) < 4.78 is 10.4. The van der Waals surface area contributed by atoms with Crippen LogP contribution in [0.4, 0.5) is 0 Å². The Morgan fingerprint density at radius 3 is 2.20 bits per heavy atom. The molecule has 0 aromatic heterocycles. The number of carbonyl (C=O) groups excluding carboxylic acids is 2. The van der Waals surface area contributed by atoms with Crippen LogP contribution in [0.5, 0.6) is 11.5 Å². The molecule has 0 heterocycles. The standard InChI is InChI=1S/C16H20O4/c1-5-7-13-9-16(20-12(4)18)14(8-6-2)10-15(13)19-11(3)17/h5,7,9-10H,6,8H2,1-4H3/b7-5+. The van der Waals surface area contributed by atoms with Gasteiger partial charge in [0.2, 0.25) is 0 Å². The van der Waals surface area contributed by atoms with Crippen LogP contribution in [0.1, 0.15) is 45.2 Å². The Bertz CT molecular complexity index is 530. The fraction of sp³-hybridized carbons (Fsp3) is 0.375. The summed E-state index contributed by atoms with van der Waals surface area (Å²) in [6, 6.07) is 3.49. The molecule has 0 aliphatic heterocycles. The van der Waals surface area contributed by atoms with E-state index in [0.717, 1.165) is 18.4 Å². The molecule has 0 bridgehead atoms. The summed E-state index contributed by atoms with van der Waals surface area (Å²) in [5, 5.41) is 0. The Labute approximate surface area is 119 Å². The van der Waals surface area contributed by atoms with Crippen LogP contribution in [0.2, 0.25) is 0 Å². The highest BCUT2D eigenvalue weighted by atomic mass is 16.5. The van der Waals surface area contributed by atoms with Gasteiger partial charge < -0.3 is 9.47 Å². The molecular formula is C16H20O4.